The molecule has 0 fully saturated rings. The van der Waals surface area contributed by atoms with E-state index in [0.29, 0.717) is 5.75 Å². The van der Waals surface area contributed by atoms with Crippen LogP contribution in [-0.4, -0.2) is 20.6 Å². The molecule has 2 aromatic rings. The monoisotopic (exact) mass is 252 g/mol. The molecule has 90 valence electrons. The summed E-state index contributed by atoms with van der Waals surface area (Å²) < 4.78 is 7.42. The Morgan fingerprint density at radius 2 is 2.47 bits per heavy atom. The molecule has 0 aliphatic heterocycles. The number of aromatic nitrogens is 2. The summed E-state index contributed by atoms with van der Waals surface area (Å²) in [6, 6.07) is 1.66. The van der Waals surface area contributed by atoms with E-state index in [1.165, 1.54) is 0 Å². The van der Waals surface area contributed by atoms with Gasteiger partial charge in [0.1, 0.15) is 18.2 Å². The molecule has 0 aliphatic carbocycles. The third-order valence-corrected chi connectivity index (χ3v) is 3.21. The van der Waals surface area contributed by atoms with E-state index in [-0.39, 0.29) is 11.5 Å². The van der Waals surface area contributed by atoms with Crippen LogP contribution in [0, 0.1) is 0 Å². The lowest BCUT2D eigenvalue weighted by Crippen LogP contribution is -2.06. The summed E-state index contributed by atoms with van der Waals surface area (Å²) in [6.07, 6.45) is 3.57. The first-order chi connectivity index (χ1) is 8.22. The van der Waals surface area contributed by atoms with Crippen molar-refractivity contribution in [2.45, 2.75) is 20.1 Å². The molecule has 1 N–H and O–H groups in total. The van der Waals surface area contributed by atoms with Crippen LogP contribution in [0.15, 0.2) is 23.8 Å². The van der Waals surface area contributed by atoms with E-state index in [1.807, 2.05) is 17.7 Å². The van der Waals surface area contributed by atoms with Gasteiger partial charge in [-0.3, -0.25) is 0 Å². The fourth-order valence-electron chi connectivity index (χ4n) is 1.48. The average molecular weight is 252 g/mol. The van der Waals surface area contributed by atoms with E-state index in [9.17, 15) is 4.79 Å². The molecule has 0 saturated heterocycles. The van der Waals surface area contributed by atoms with Crippen LogP contribution in [0.3, 0.4) is 0 Å². The highest BCUT2D eigenvalue weighted by molar-refractivity contribution is 7.12. The molecule has 6 heteroatoms. The smallest absolute Gasteiger partial charge is 0.349 e. The quantitative estimate of drug-likeness (QED) is 0.886. The van der Waals surface area contributed by atoms with Gasteiger partial charge in [-0.1, -0.05) is 0 Å². The second-order valence-electron chi connectivity index (χ2n) is 3.34. The molecule has 0 amide bonds. The van der Waals surface area contributed by atoms with Gasteiger partial charge in [0.2, 0.25) is 0 Å². The molecule has 0 spiro atoms. The first kappa shape index (κ1) is 11.7. The highest BCUT2D eigenvalue weighted by Crippen LogP contribution is 2.25. The molecule has 0 bridgehead atoms. The van der Waals surface area contributed by atoms with Crippen LogP contribution in [0.4, 0.5) is 0 Å². The highest BCUT2D eigenvalue weighted by Gasteiger charge is 2.13. The summed E-state index contributed by atoms with van der Waals surface area (Å²) in [5.41, 5.74) is 0. The molecule has 5 nitrogen and oxygen atoms in total. The van der Waals surface area contributed by atoms with Crippen molar-refractivity contribution in [3.63, 3.8) is 0 Å². The van der Waals surface area contributed by atoms with E-state index in [1.54, 1.807) is 17.6 Å². The van der Waals surface area contributed by atoms with E-state index >= 15 is 0 Å². The Bertz CT molecular complexity index is 518. The Morgan fingerprint density at radius 3 is 3.18 bits per heavy atom. The van der Waals surface area contributed by atoms with E-state index < -0.39 is 5.97 Å². The minimum absolute atomic E-state index is 0.222. The Balaban J connectivity index is 2.07. The molecular weight excluding hydrogens is 240 g/mol. The molecule has 2 heterocycles. The van der Waals surface area contributed by atoms with Crippen molar-refractivity contribution < 1.29 is 14.6 Å². The summed E-state index contributed by atoms with van der Waals surface area (Å²) in [5.74, 6) is 0.219. The van der Waals surface area contributed by atoms with Crippen molar-refractivity contribution in [3.05, 3.63) is 34.5 Å². The van der Waals surface area contributed by atoms with Gasteiger partial charge in [-0.05, 0) is 18.4 Å². The van der Waals surface area contributed by atoms with Crippen molar-refractivity contribution in [3.8, 4) is 5.75 Å². The number of ether oxygens (including phenoxy) is 1. The predicted octanol–water partition coefficient (Wildman–Crippen LogP) is 2.24. The summed E-state index contributed by atoms with van der Waals surface area (Å²) >= 11 is 1.15. The average Bonchev–Trinajstić information content (AvgIpc) is 2.94. The number of carbonyl (C=O) groups is 1. The summed E-state index contributed by atoms with van der Waals surface area (Å²) in [6.45, 7) is 3.10. The minimum atomic E-state index is -0.964. The van der Waals surface area contributed by atoms with Crippen LogP contribution >= 0.6 is 11.3 Å². The predicted molar refractivity (Wildman–Crippen MR) is 63.5 cm³/mol. The van der Waals surface area contributed by atoms with Crippen molar-refractivity contribution in [2.75, 3.05) is 0 Å². The lowest BCUT2D eigenvalue weighted by Gasteiger charge is -2.06. The number of aromatic carboxylic acids is 1. The van der Waals surface area contributed by atoms with Crippen LogP contribution in [-0.2, 0) is 13.2 Å². The SMILES string of the molecule is CCn1ccnc1COc1ccsc1C(=O)O. The van der Waals surface area contributed by atoms with Gasteiger partial charge in [0, 0.05) is 18.9 Å². The van der Waals surface area contributed by atoms with Gasteiger partial charge in [-0.25, -0.2) is 9.78 Å². The molecule has 0 atom stereocenters. The maximum atomic E-state index is 10.9. The zero-order valence-electron chi connectivity index (χ0n) is 9.29. The Hall–Kier alpha value is -1.82. The zero-order chi connectivity index (χ0) is 12.3. The van der Waals surface area contributed by atoms with Crippen molar-refractivity contribution in [1.29, 1.82) is 0 Å². The summed E-state index contributed by atoms with van der Waals surface area (Å²) in [7, 11) is 0. The standard InChI is InChI=1S/C11H12N2O3S/c1-2-13-5-4-12-9(13)7-16-8-3-6-17-10(8)11(14)15/h3-6H,2,7H2,1H3,(H,14,15). The largest absolute Gasteiger partial charge is 0.484 e. The van der Waals surface area contributed by atoms with Gasteiger partial charge in [0.15, 0.2) is 4.88 Å². The van der Waals surface area contributed by atoms with Gasteiger partial charge >= 0.3 is 5.97 Å². The number of nitrogens with zero attached hydrogens (tertiary/aromatic N) is 2. The lowest BCUT2D eigenvalue weighted by atomic mass is 10.4. The summed E-state index contributed by atoms with van der Waals surface area (Å²) in [4.78, 5) is 15.3. The molecular formula is C11H12N2O3S. The number of hydrogen-bond donors (Lipinski definition) is 1. The number of aryl methyl sites for hydroxylation is 1. The molecule has 0 aliphatic rings. The fourth-order valence-corrected chi connectivity index (χ4v) is 2.15. The first-order valence-corrected chi connectivity index (χ1v) is 6.04. The number of carboxylic acid groups (broad SMARTS) is 1. The van der Waals surface area contributed by atoms with E-state index in [2.05, 4.69) is 4.98 Å². The Morgan fingerprint density at radius 1 is 1.65 bits per heavy atom. The van der Waals surface area contributed by atoms with Gasteiger partial charge in [-0.15, -0.1) is 11.3 Å². The molecule has 0 saturated carbocycles. The number of thiophene rings is 1. The van der Waals surface area contributed by atoms with Crippen molar-refractivity contribution in [1.82, 2.24) is 9.55 Å². The number of carboxylic acids is 1. The van der Waals surface area contributed by atoms with E-state index in [4.69, 9.17) is 9.84 Å². The summed E-state index contributed by atoms with van der Waals surface area (Å²) in [5, 5.41) is 10.6. The van der Waals surface area contributed by atoms with E-state index in [0.717, 1.165) is 23.7 Å². The van der Waals surface area contributed by atoms with Crippen LogP contribution in [0.5, 0.6) is 5.75 Å². The van der Waals surface area contributed by atoms with Gasteiger partial charge in [0.25, 0.3) is 0 Å². The lowest BCUT2D eigenvalue weighted by molar-refractivity contribution is 0.0697. The third-order valence-electron chi connectivity index (χ3n) is 2.32. The third kappa shape index (κ3) is 2.47. The normalized spacial score (nSPS) is 10.4. The topological polar surface area (TPSA) is 64.4 Å². The van der Waals surface area contributed by atoms with Crippen LogP contribution in [0.25, 0.3) is 0 Å². The number of rotatable bonds is 5. The first-order valence-electron chi connectivity index (χ1n) is 5.16. The van der Waals surface area contributed by atoms with Crippen LogP contribution in [0.1, 0.15) is 22.4 Å². The Kier molecular flexibility index (Phi) is 3.43. The second-order valence-corrected chi connectivity index (χ2v) is 4.25. The molecule has 17 heavy (non-hydrogen) atoms. The van der Waals surface area contributed by atoms with Gasteiger partial charge < -0.3 is 14.4 Å². The molecule has 0 unspecified atom stereocenters. The molecule has 0 radical (unpaired) electrons. The highest BCUT2D eigenvalue weighted by atomic mass is 32.1. The van der Waals surface area contributed by atoms with Gasteiger partial charge in [0.05, 0.1) is 0 Å². The minimum Gasteiger partial charge on any atom is -0.484 e. The molecule has 0 aromatic carbocycles. The number of hydrogen-bond acceptors (Lipinski definition) is 4. The fraction of sp³-hybridized carbons (Fsp3) is 0.273. The molecule has 2 aromatic heterocycles. The van der Waals surface area contributed by atoms with Crippen molar-refractivity contribution in [2.24, 2.45) is 0 Å². The van der Waals surface area contributed by atoms with Crippen molar-refractivity contribution >= 4 is 17.3 Å². The Labute approximate surface area is 102 Å². The maximum absolute atomic E-state index is 10.9. The van der Waals surface area contributed by atoms with Gasteiger partial charge in [-0.2, -0.15) is 0 Å². The molecule has 2 rings (SSSR count). The van der Waals surface area contributed by atoms with Crippen LogP contribution < -0.4 is 4.74 Å². The number of imidazole rings is 1. The maximum Gasteiger partial charge on any atom is 0.349 e. The zero-order valence-corrected chi connectivity index (χ0v) is 10.1. The van der Waals surface area contributed by atoms with Crippen LogP contribution in [0.2, 0.25) is 0 Å². The second kappa shape index (κ2) is 5.01.